The van der Waals surface area contributed by atoms with Crippen LogP contribution in [0.25, 0.3) is 0 Å². The molecule has 172 valence electrons. The van der Waals surface area contributed by atoms with Crippen molar-refractivity contribution < 1.29 is 28.3 Å². The number of amides is 1. The monoisotopic (exact) mass is 453 g/mol. The molecule has 0 bridgehead atoms. The van der Waals surface area contributed by atoms with Gasteiger partial charge in [-0.15, -0.1) is 0 Å². The Morgan fingerprint density at radius 3 is 2.39 bits per heavy atom. The topological polar surface area (TPSA) is 66.5 Å². The fraction of sp³-hybridized carbons (Fsp3) is 0.682. The van der Waals surface area contributed by atoms with Gasteiger partial charge in [0.2, 0.25) is 6.29 Å². The summed E-state index contributed by atoms with van der Waals surface area (Å²) in [6.45, 7) is 16.4. The molecule has 1 amide bonds. The van der Waals surface area contributed by atoms with Gasteiger partial charge in [0.1, 0.15) is 11.4 Å². The average molecular weight is 454 g/mol. The zero-order chi connectivity index (χ0) is 23.2. The van der Waals surface area contributed by atoms with Crippen LogP contribution in [0.3, 0.4) is 0 Å². The number of ether oxygens (including phenoxy) is 3. The second-order valence-corrected chi connectivity index (χ2v) is 10.5. The van der Waals surface area contributed by atoms with Gasteiger partial charge in [-0.25, -0.2) is 4.79 Å². The van der Waals surface area contributed by atoms with Crippen molar-refractivity contribution in [3.05, 3.63) is 22.7 Å². The summed E-state index contributed by atoms with van der Waals surface area (Å²) in [5.41, 5.74) is -0.0422. The highest BCUT2D eigenvalue weighted by molar-refractivity contribution is 6.63. The summed E-state index contributed by atoms with van der Waals surface area (Å²) < 4.78 is 30.0. The quantitative estimate of drug-likeness (QED) is 0.646. The first-order valence-electron chi connectivity index (χ1n) is 10.6. The molecule has 0 spiro atoms. The Labute approximate surface area is 190 Å². The second-order valence-electron chi connectivity index (χ2n) is 10.1. The van der Waals surface area contributed by atoms with Crippen LogP contribution >= 0.6 is 11.6 Å². The van der Waals surface area contributed by atoms with Crippen LogP contribution in [0.15, 0.2) is 12.1 Å². The lowest BCUT2D eigenvalue weighted by Crippen LogP contribution is -2.50. The van der Waals surface area contributed by atoms with Crippen LogP contribution in [0.4, 0.5) is 4.79 Å². The minimum Gasteiger partial charge on any atom is -0.463 e. The van der Waals surface area contributed by atoms with Crippen molar-refractivity contribution in [1.82, 2.24) is 4.90 Å². The lowest BCUT2D eigenvalue weighted by atomic mass is 9.77. The Balaban J connectivity index is 1.81. The summed E-state index contributed by atoms with van der Waals surface area (Å²) >= 11 is 6.34. The van der Waals surface area contributed by atoms with Crippen molar-refractivity contribution in [2.45, 2.75) is 78.5 Å². The molecule has 0 N–H and O–H groups in total. The zero-order valence-electron chi connectivity index (χ0n) is 19.7. The molecule has 3 rings (SSSR count). The summed E-state index contributed by atoms with van der Waals surface area (Å²) in [5, 5.41) is 0.564. The van der Waals surface area contributed by atoms with Gasteiger partial charge in [-0.2, -0.15) is 0 Å². The Kier molecular flexibility index (Phi) is 6.60. The van der Waals surface area contributed by atoms with E-state index >= 15 is 0 Å². The third-order valence-corrected chi connectivity index (χ3v) is 5.93. The molecule has 0 radical (unpaired) electrons. The fourth-order valence-corrected chi connectivity index (χ4v) is 3.66. The van der Waals surface area contributed by atoms with Crippen LogP contribution < -0.4 is 10.2 Å². The number of rotatable bonds is 3. The van der Waals surface area contributed by atoms with Gasteiger partial charge in [-0.3, -0.25) is 4.90 Å². The van der Waals surface area contributed by atoms with Crippen LogP contribution in [0.2, 0.25) is 5.02 Å². The van der Waals surface area contributed by atoms with E-state index in [0.29, 0.717) is 29.4 Å². The normalized spacial score (nSPS) is 23.1. The third kappa shape index (κ3) is 5.48. The molecule has 2 aliphatic heterocycles. The van der Waals surface area contributed by atoms with E-state index in [-0.39, 0.29) is 12.6 Å². The summed E-state index contributed by atoms with van der Waals surface area (Å²) in [4.78, 5) is 14.1. The molecule has 0 saturated carbocycles. The fourth-order valence-electron chi connectivity index (χ4n) is 3.38. The number of halogens is 1. The van der Waals surface area contributed by atoms with Gasteiger partial charge in [0.05, 0.1) is 24.4 Å². The number of carbonyl (C=O) groups is 1. The molecular weight excluding hydrogens is 421 g/mol. The largest absolute Gasteiger partial charge is 0.498 e. The minimum atomic E-state index is -0.651. The molecule has 0 unspecified atom stereocenters. The number of hydrogen-bond acceptors (Lipinski definition) is 6. The Bertz CT molecular complexity index is 822. The molecule has 2 heterocycles. The summed E-state index contributed by atoms with van der Waals surface area (Å²) in [6, 6.07) is 3.61. The summed E-state index contributed by atoms with van der Waals surface area (Å²) in [6.07, 6.45) is -1.04. The van der Waals surface area contributed by atoms with Crippen LogP contribution in [-0.2, 0) is 18.8 Å². The highest BCUT2D eigenvalue weighted by atomic mass is 35.5. The number of aryl methyl sites for hydroxylation is 1. The van der Waals surface area contributed by atoms with Gasteiger partial charge >= 0.3 is 13.2 Å². The van der Waals surface area contributed by atoms with Crippen LogP contribution in [0.1, 0.15) is 54.0 Å². The number of nitrogens with zero attached hydrogens (tertiary/aromatic N) is 1. The standard InChI is InChI=1S/C22H33BClNO6/c1-14-11-15(24)12-16(23-30-21(5,6)22(7,8)31-23)18(14)28-17-13-25(9-10-27-17)19(26)29-20(2,3)4/h11-12,17H,9-10,13H2,1-8H3/t17-/m1/s1. The lowest BCUT2D eigenvalue weighted by Gasteiger charge is -2.34. The number of hydrogen-bond donors (Lipinski definition) is 0. The van der Waals surface area contributed by atoms with Crippen molar-refractivity contribution >= 4 is 30.3 Å². The number of morpholine rings is 1. The van der Waals surface area contributed by atoms with Gasteiger partial charge in [-0.05, 0) is 73.1 Å². The minimum absolute atomic E-state index is 0.250. The van der Waals surface area contributed by atoms with Gasteiger partial charge < -0.3 is 23.5 Å². The van der Waals surface area contributed by atoms with Gasteiger partial charge in [0.15, 0.2) is 0 Å². The summed E-state index contributed by atoms with van der Waals surface area (Å²) in [7, 11) is -0.636. The molecule has 9 heteroatoms. The van der Waals surface area contributed by atoms with E-state index in [9.17, 15) is 4.79 Å². The maximum Gasteiger partial charge on any atom is 0.498 e. The van der Waals surface area contributed by atoms with Crippen molar-refractivity contribution in [3.8, 4) is 5.75 Å². The molecule has 1 aromatic carbocycles. The predicted molar refractivity (Wildman–Crippen MR) is 120 cm³/mol. The molecule has 0 aliphatic carbocycles. The maximum absolute atomic E-state index is 12.5. The Hall–Kier alpha value is -1.48. The molecular formula is C22H33BClNO6. The highest BCUT2D eigenvalue weighted by Crippen LogP contribution is 2.38. The van der Waals surface area contributed by atoms with E-state index < -0.39 is 30.2 Å². The average Bonchev–Trinajstić information content (AvgIpc) is 2.83. The first-order valence-corrected chi connectivity index (χ1v) is 11.0. The van der Waals surface area contributed by atoms with Crippen molar-refractivity contribution in [2.24, 2.45) is 0 Å². The molecule has 1 atom stereocenters. The van der Waals surface area contributed by atoms with Crippen LogP contribution in [0.5, 0.6) is 5.75 Å². The molecule has 2 aliphatic rings. The number of benzene rings is 1. The molecule has 0 aromatic heterocycles. The van der Waals surface area contributed by atoms with E-state index in [4.69, 9.17) is 35.1 Å². The van der Waals surface area contributed by atoms with E-state index in [2.05, 4.69) is 0 Å². The third-order valence-electron chi connectivity index (χ3n) is 5.71. The van der Waals surface area contributed by atoms with Crippen molar-refractivity contribution in [2.75, 3.05) is 19.7 Å². The van der Waals surface area contributed by atoms with Gasteiger partial charge in [0.25, 0.3) is 0 Å². The first-order chi connectivity index (χ1) is 14.2. The number of carbonyl (C=O) groups excluding carboxylic acids is 1. The highest BCUT2D eigenvalue weighted by Gasteiger charge is 2.52. The molecule has 2 saturated heterocycles. The second kappa shape index (κ2) is 8.47. The molecule has 31 heavy (non-hydrogen) atoms. The van der Waals surface area contributed by atoms with E-state index in [1.54, 1.807) is 11.0 Å². The summed E-state index contributed by atoms with van der Waals surface area (Å²) in [5.74, 6) is 0.582. The SMILES string of the molecule is Cc1cc(Cl)cc(B2OC(C)(C)C(C)(C)O2)c1O[C@@H]1CN(C(=O)OC(C)(C)C)CCO1. The zero-order valence-corrected chi connectivity index (χ0v) is 20.5. The van der Waals surface area contributed by atoms with Crippen LogP contribution in [0, 0.1) is 6.92 Å². The van der Waals surface area contributed by atoms with Crippen LogP contribution in [-0.4, -0.2) is 60.9 Å². The van der Waals surface area contributed by atoms with Crippen molar-refractivity contribution in [3.63, 3.8) is 0 Å². The predicted octanol–water partition coefficient (Wildman–Crippen LogP) is 3.92. The van der Waals surface area contributed by atoms with Gasteiger partial charge in [-0.1, -0.05) is 11.6 Å². The molecule has 1 aromatic rings. The molecule has 7 nitrogen and oxygen atoms in total. The first kappa shape index (κ1) is 24.2. The lowest BCUT2D eigenvalue weighted by molar-refractivity contribution is -0.128. The Morgan fingerprint density at radius 2 is 1.81 bits per heavy atom. The van der Waals surface area contributed by atoms with Crippen molar-refractivity contribution in [1.29, 1.82) is 0 Å². The maximum atomic E-state index is 12.5. The van der Waals surface area contributed by atoms with Gasteiger partial charge in [0, 0.05) is 17.0 Å². The van der Waals surface area contributed by atoms with E-state index in [0.717, 1.165) is 5.56 Å². The van der Waals surface area contributed by atoms with E-state index in [1.165, 1.54) is 0 Å². The van der Waals surface area contributed by atoms with E-state index in [1.807, 2.05) is 61.5 Å². The Morgan fingerprint density at radius 1 is 1.19 bits per heavy atom. The smallest absolute Gasteiger partial charge is 0.463 e. The molecule has 2 fully saturated rings.